The normalized spacial score (nSPS) is 14.5. The van der Waals surface area contributed by atoms with Crippen LogP contribution in [0.4, 0.5) is 0 Å². The molecule has 0 spiro atoms. The van der Waals surface area contributed by atoms with Crippen molar-refractivity contribution in [3.63, 3.8) is 0 Å². The Morgan fingerprint density at radius 2 is 1.62 bits per heavy atom. The van der Waals surface area contributed by atoms with Gasteiger partial charge in [-0.2, -0.15) is 10.6 Å². The van der Waals surface area contributed by atoms with Gasteiger partial charge in [-0.3, -0.25) is 9.11 Å². The molecule has 0 bridgehead atoms. The van der Waals surface area contributed by atoms with E-state index in [-0.39, 0.29) is 9.79 Å². The molecule has 1 aromatic heterocycles. The van der Waals surface area contributed by atoms with Gasteiger partial charge in [-0.25, -0.2) is 8.42 Å². The fourth-order valence-electron chi connectivity index (χ4n) is 0.927. The summed E-state index contributed by atoms with van der Waals surface area (Å²) < 4.78 is 40.8. The van der Waals surface area contributed by atoms with Gasteiger partial charge in [0.15, 0.2) is 9.84 Å². The van der Waals surface area contributed by atoms with Crippen LogP contribution in [-0.4, -0.2) is 35.0 Å². The van der Waals surface area contributed by atoms with Crippen LogP contribution in [0.5, 0.6) is 0 Å². The van der Waals surface area contributed by atoms with Crippen LogP contribution in [-0.2, 0) is 9.84 Å². The maximum absolute atomic E-state index is 11.1. The van der Waals surface area contributed by atoms with Crippen LogP contribution in [0.15, 0.2) is 22.2 Å². The predicted octanol–water partition coefficient (Wildman–Crippen LogP) is 1.16. The minimum atomic E-state index is -3.40. The number of aromatic amines is 1. The average molecular weight is 225 g/mol. The summed E-state index contributed by atoms with van der Waals surface area (Å²) in [6.45, 7) is 0. The van der Waals surface area contributed by atoms with Gasteiger partial charge in [-0.05, 0) is 0 Å². The summed E-state index contributed by atoms with van der Waals surface area (Å²) in [5.41, 5.74) is 0. The second-order valence-corrected chi connectivity index (χ2v) is 6.88. The molecule has 0 saturated carbocycles. The van der Waals surface area contributed by atoms with Gasteiger partial charge in [0.25, 0.3) is 0 Å². The van der Waals surface area contributed by atoms with Crippen molar-refractivity contribution >= 4 is 20.4 Å². The zero-order valence-electron chi connectivity index (χ0n) is 7.18. The first-order chi connectivity index (χ1) is 5.73. The topological polar surface area (TPSA) is 90.4 Å². The lowest BCUT2D eigenvalue weighted by molar-refractivity contribution is 0.492. The fraction of sp³-hybridized carbons (Fsp3) is 0.333. The lowest BCUT2D eigenvalue weighted by Gasteiger charge is -2.26. The van der Waals surface area contributed by atoms with E-state index in [1.807, 2.05) is 0 Å². The van der Waals surface area contributed by atoms with Gasteiger partial charge in [0, 0.05) is 24.9 Å². The molecule has 0 saturated heterocycles. The van der Waals surface area contributed by atoms with Gasteiger partial charge >= 0.3 is 0 Å². The molecule has 0 unspecified atom stereocenters. The Balaban J connectivity index is 3.35. The molecule has 0 atom stereocenters. The van der Waals surface area contributed by atoms with E-state index >= 15 is 0 Å². The number of hydrogen-bond acceptors (Lipinski definition) is 4. The van der Waals surface area contributed by atoms with E-state index in [1.54, 1.807) is 0 Å². The molecule has 7 heteroatoms. The van der Waals surface area contributed by atoms with Crippen molar-refractivity contribution in [2.24, 2.45) is 0 Å². The van der Waals surface area contributed by atoms with Gasteiger partial charge in [-0.1, -0.05) is 0 Å². The third kappa shape index (κ3) is 2.25. The molecule has 0 aromatic carbocycles. The Morgan fingerprint density at radius 3 is 1.92 bits per heavy atom. The maximum atomic E-state index is 11.1. The molecular weight excluding hydrogens is 214 g/mol. The van der Waals surface area contributed by atoms with Crippen molar-refractivity contribution in [1.82, 2.24) is 4.98 Å². The van der Waals surface area contributed by atoms with Crippen molar-refractivity contribution < 1.29 is 17.5 Å². The Hall–Kier alpha value is -0.500. The third-order valence-corrected chi connectivity index (χ3v) is 3.92. The first-order valence-corrected chi connectivity index (χ1v) is 7.17. The first kappa shape index (κ1) is 10.6. The van der Waals surface area contributed by atoms with E-state index in [0.717, 1.165) is 6.26 Å². The summed E-state index contributed by atoms with van der Waals surface area (Å²) in [6, 6.07) is 0. The largest absolute Gasteiger partial charge is 0.365 e. The Labute approximate surface area is 78.1 Å². The molecule has 0 aliphatic heterocycles. The molecule has 13 heavy (non-hydrogen) atoms. The molecule has 1 aromatic rings. The van der Waals surface area contributed by atoms with Crippen LogP contribution in [0.1, 0.15) is 0 Å². The monoisotopic (exact) mass is 225 g/mol. The SMILES string of the molecule is CS(O)(O)c1c[nH]cc1S(C)(=O)=O. The molecular formula is C6H11NO4S2. The van der Waals surface area contributed by atoms with Gasteiger partial charge in [0.2, 0.25) is 0 Å². The molecule has 1 rings (SSSR count). The predicted molar refractivity (Wildman–Crippen MR) is 50.9 cm³/mol. The minimum absolute atomic E-state index is 0.0370. The lowest BCUT2D eigenvalue weighted by atomic mass is 10.7. The minimum Gasteiger partial charge on any atom is -0.365 e. The molecule has 3 N–H and O–H groups in total. The zero-order valence-corrected chi connectivity index (χ0v) is 8.82. The highest BCUT2D eigenvalue weighted by Crippen LogP contribution is 2.47. The molecule has 5 nitrogen and oxygen atoms in total. The Bertz CT molecular complexity index is 401. The van der Waals surface area contributed by atoms with Crippen LogP contribution < -0.4 is 0 Å². The summed E-state index contributed by atoms with van der Waals surface area (Å²) in [6.07, 6.45) is 4.73. The van der Waals surface area contributed by atoms with Crippen LogP contribution in [0.3, 0.4) is 0 Å². The maximum Gasteiger partial charge on any atom is 0.178 e. The number of nitrogens with one attached hydrogen (secondary N) is 1. The summed E-state index contributed by atoms with van der Waals surface area (Å²) in [5, 5.41) is 0. The van der Waals surface area contributed by atoms with Crippen molar-refractivity contribution in [1.29, 1.82) is 0 Å². The van der Waals surface area contributed by atoms with Crippen molar-refractivity contribution in [3.8, 4) is 0 Å². The zero-order chi connectivity index (χ0) is 10.3. The smallest absolute Gasteiger partial charge is 0.178 e. The highest BCUT2D eigenvalue weighted by Gasteiger charge is 2.21. The number of aromatic nitrogens is 1. The molecule has 0 fully saturated rings. The molecule has 0 radical (unpaired) electrons. The Morgan fingerprint density at radius 1 is 1.15 bits per heavy atom. The second kappa shape index (κ2) is 3.02. The number of rotatable bonds is 2. The van der Waals surface area contributed by atoms with E-state index in [1.165, 1.54) is 18.6 Å². The highest BCUT2D eigenvalue weighted by atomic mass is 32.3. The summed E-state index contributed by atoms with van der Waals surface area (Å²) >= 11 is 0. The molecule has 0 aliphatic rings. The number of sulfone groups is 1. The van der Waals surface area contributed by atoms with Crippen molar-refractivity contribution in [3.05, 3.63) is 12.4 Å². The van der Waals surface area contributed by atoms with Crippen LogP contribution in [0.25, 0.3) is 0 Å². The van der Waals surface area contributed by atoms with E-state index in [9.17, 15) is 17.5 Å². The summed E-state index contributed by atoms with van der Waals surface area (Å²) in [5.74, 6) is 0. The highest BCUT2D eigenvalue weighted by molar-refractivity contribution is 8.24. The van der Waals surface area contributed by atoms with E-state index in [4.69, 9.17) is 0 Å². The average Bonchev–Trinajstić information content (AvgIpc) is 2.27. The van der Waals surface area contributed by atoms with Gasteiger partial charge in [-0.15, -0.1) is 0 Å². The van der Waals surface area contributed by atoms with E-state index in [2.05, 4.69) is 4.98 Å². The van der Waals surface area contributed by atoms with Crippen molar-refractivity contribution in [2.75, 3.05) is 12.5 Å². The fourth-order valence-corrected chi connectivity index (χ4v) is 3.29. The van der Waals surface area contributed by atoms with Gasteiger partial charge < -0.3 is 4.98 Å². The molecule has 1 heterocycles. The molecule has 76 valence electrons. The van der Waals surface area contributed by atoms with E-state index < -0.39 is 20.4 Å². The first-order valence-electron chi connectivity index (χ1n) is 3.33. The molecule has 0 amide bonds. The summed E-state index contributed by atoms with van der Waals surface area (Å²) in [7, 11) is -6.39. The quantitative estimate of drug-likeness (QED) is 0.704. The number of hydrogen-bond donors (Lipinski definition) is 3. The third-order valence-electron chi connectivity index (χ3n) is 1.49. The van der Waals surface area contributed by atoms with Gasteiger partial charge in [0.1, 0.15) is 4.90 Å². The van der Waals surface area contributed by atoms with Crippen LogP contribution in [0, 0.1) is 0 Å². The van der Waals surface area contributed by atoms with Gasteiger partial charge in [0.05, 0.1) is 4.90 Å². The summed E-state index contributed by atoms with van der Waals surface area (Å²) in [4.78, 5) is 2.51. The number of H-pyrrole nitrogens is 1. The second-order valence-electron chi connectivity index (χ2n) is 2.79. The standard InChI is InChI=1S/C6H11NO4S2/c1-12(8,9)5-3-7-4-6(5)13(2,10)11/h3-4,7-9H,1-2H3. The van der Waals surface area contributed by atoms with E-state index in [0.29, 0.717) is 0 Å². The van der Waals surface area contributed by atoms with Crippen LogP contribution >= 0.6 is 10.6 Å². The Kier molecular flexibility index (Phi) is 2.46. The lowest BCUT2D eigenvalue weighted by Crippen LogP contribution is -2.02. The van der Waals surface area contributed by atoms with Crippen LogP contribution in [0.2, 0.25) is 0 Å². The van der Waals surface area contributed by atoms with Crippen molar-refractivity contribution in [2.45, 2.75) is 9.79 Å². The molecule has 0 aliphatic carbocycles.